The largest absolute Gasteiger partial charge is 0.394 e. The number of aryl methyl sites for hydroxylation is 1. The predicted octanol–water partition coefficient (Wildman–Crippen LogP) is -1.47. The van der Waals surface area contributed by atoms with Gasteiger partial charge in [-0.2, -0.15) is 0 Å². The van der Waals surface area contributed by atoms with Crippen LogP contribution in [0.5, 0.6) is 0 Å². The van der Waals surface area contributed by atoms with Crippen molar-refractivity contribution in [1.82, 2.24) is 9.55 Å². The van der Waals surface area contributed by atoms with Crippen molar-refractivity contribution in [2.45, 2.75) is 31.6 Å². The third kappa shape index (κ3) is 2.38. The van der Waals surface area contributed by atoms with E-state index in [-0.39, 0.29) is 19.3 Å². The molecule has 0 bridgehead atoms. The number of aliphatic hydroxyl groups excluding tert-OH is 2. The molecule has 1 fully saturated rings. The number of aliphatic hydroxyl groups is 2. The normalized spacial score (nSPS) is 28.3. The summed E-state index contributed by atoms with van der Waals surface area (Å²) in [5.74, 6) is 0. The Morgan fingerprint density at radius 3 is 2.89 bits per heavy atom. The van der Waals surface area contributed by atoms with Gasteiger partial charge < -0.3 is 14.9 Å². The van der Waals surface area contributed by atoms with Gasteiger partial charge in [-0.3, -0.25) is 14.3 Å². The Morgan fingerprint density at radius 1 is 1.56 bits per heavy atom. The highest BCUT2D eigenvalue weighted by atomic mass is 16.5. The Labute approximate surface area is 103 Å². The molecule has 0 amide bonds. The number of nitrogens with zero attached hydrogens (tertiary/aromatic N) is 1. The molecular weight excluding hydrogens is 240 g/mol. The monoisotopic (exact) mass is 256 g/mol. The van der Waals surface area contributed by atoms with Gasteiger partial charge in [0.1, 0.15) is 6.10 Å². The molecule has 0 spiro atoms. The van der Waals surface area contributed by atoms with E-state index in [9.17, 15) is 14.7 Å². The van der Waals surface area contributed by atoms with Crippen LogP contribution in [0, 0.1) is 6.92 Å². The van der Waals surface area contributed by atoms with Gasteiger partial charge in [0.15, 0.2) is 0 Å². The first-order valence-electron chi connectivity index (χ1n) is 5.75. The summed E-state index contributed by atoms with van der Waals surface area (Å²) in [6, 6.07) is -0.342. The highest BCUT2D eigenvalue weighted by Gasteiger charge is 2.30. The molecule has 100 valence electrons. The average Bonchev–Trinajstić information content (AvgIpc) is 2.33. The molecule has 1 aliphatic heterocycles. The van der Waals surface area contributed by atoms with E-state index in [1.54, 1.807) is 6.92 Å². The van der Waals surface area contributed by atoms with E-state index >= 15 is 0 Å². The Morgan fingerprint density at radius 2 is 2.28 bits per heavy atom. The predicted molar refractivity (Wildman–Crippen MR) is 62.5 cm³/mol. The molecular formula is C11H16N2O5. The fourth-order valence-corrected chi connectivity index (χ4v) is 2.07. The standard InChI is InChI=1S/C11H16N2O5/c1-6-3-13(11(17)12-10(6)16)7-2-8(15)9(4-14)18-5-7/h3,7-9,14-15H,2,4-5H2,1H3,(H,12,16,17)/t7-,8-,9+/m1/s1. The molecule has 1 aromatic heterocycles. The quantitative estimate of drug-likeness (QED) is 0.599. The van der Waals surface area contributed by atoms with E-state index in [2.05, 4.69) is 4.98 Å². The SMILES string of the molecule is Cc1cn([C@H]2CO[C@@H](CO)[C@H](O)C2)c(=O)[nH]c1=O. The third-order valence-corrected chi connectivity index (χ3v) is 3.16. The minimum atomic E-state index is -0.826. The first-order chi connectivity index (χ1) is 8.52. The summed E-state index contributed by atoms with van der Waals surface area (Å²) < 4.78 is 6.63. The topological polar surface area (TPSA) is 105 Å². The van der Waals surface area contributed by atoms with E-state index in [0.717, 1.165) is 0 Å². The molecule has 0 aromatic carbocycles. The molecule has 0 saturated carbocycles. The third-order valence-electron chi connectivity index (χ3n) is 3.16. The first-order valence-corrected chi connectivity index (χ1v) is 5.75. The van der Waals surface area contributed by atoms with Crippen molar-refractivity contribution in [2.75, 3.05) is 13.2 Å². The molecule has 2 rings (SSSR count). The van der Waals surface area contributed by atoms with Crippen LogP contribution in [-0.4, -0.2) is 45.2 Å². The van der Waals surface area contributed by atoms with E-state index in [1.807, 2.05) is 0 Å². The number of aromatic amines is 1. The van der Waals surface area contributed by atoms with E-state index in [1.165, 1.54) is 10.8 Å². The Bertz CT molecular complexity index is 535. The molecule has 2 heterocycles. The lowest BCUT2D eigenvalue weighted by atomic mass is 10.0. The molecule has 1 aliphatic rings. The van der Waals surface area contributed by atoms with Gasteiger partial charge in [0, 0.05) is 11.8 Å². The van der Waals surface area contributed by atoms with E-state index < -0.39 is 23.5 Å². The molecule has 0 aliphatic carbocycles. The number of hydrogen-bond donors (Lipinski definition) is 3. The van der Waals surface area contributed by atoms with Gasteiger partial charge in [-0.25, -0.2) is 4.79 Å². The van der Waals surface area contributed by atoms with Crippen LogP contribution in [0.1, 0.15) is 18.0 Å². The number of ether oxygens (including phenoxy) is 1. The molecule has 1 aromatic rings. The van der Waals surface area contributed by atoms with Crippen LogP contribution < -0.4 is 11.2 Å². The van der Waals surface area contributed by atoms with Crippen molar-refractivity contribution in [3.8, 4) is 0 Å². The molecule has 7 heteroatoms. The number of aromatic nitrogens is 2. The van der Waals surface area contributed by atoms with Crippen LogP contribution in [0.15, 0.2) is 15.8 Å². The van der Waals surface area contributed by atoms with Crippen molar-refractivity contribution >= 4 is 0 Å². The van der Waals surface area contributed by atoms with Gasteiger partial charge in [-0.15, -0.1) is 0 Å². The minimum Gasteiger partial charge on any atom is -0.394 e. The molecule has 0 unspecified atom stereocenters. The maximum absolute atomic E-state index is 11.7. The summed E-state index contributed by atoms with van der Waals surface area (Å²) in [5.41, 5.74) is -0.510. The molecule has 0 radical (unpaired) electrons. The molecule has 1 saturated heterocycles. The Hall–Kier alpha value is -1.44. The Balaban J connectivity index is 2.26. The fourth-order valence-electron chi connectivity index (χ4n) is 2.07. The number of nitrogens with one attached hydrogen (secondary N) is 1. The summed E-state index contributed by atoms with van der Waals surface area (Å²) >= 11 is 0. The summed E-state index contributed by atoms with van der Waals surface area (Å²) in [6.45, 7) is 1.56. The van der Waals surface area contributed by atoms with Gasteiger partial charge >= 0.3 is 5.69 Å². The molecule has 3 atom stereocenters. The highest BCUT2D eigenvalue weighted by molar-refractivity contribution is 5.02. The fraction of sp³-hybridized carbons (Fsp3) is 0.636. The van der Waals surface area contributed by atoms with E-state index in [4.69, 9.17) is 9.84 Å². The maximum atomic E-state index is 11.7. The first kappa shape index (κ1) is 13.0. The lowest BCUT2D eigenvalue weighted by molar-refractivity contribution is -0.113. The van der Waals surface area contributed by atoms with Crippen molar-refractivity contribution < 1.29 is 14.9 Å². The van der Waals surface area contributed by atoms with Crippen molar-refractivity contribution in [2.24, 2.45) is 0 Å². The number of H-pyrrole nitrogens is 1. The van der Waals surface area contributed by atoms with Crippen molar-refractivity contribution in [3.05, 3.63) is 32.6 Å². The second kappa shape index (κ2) is 5.05. The highest BCUT2D eigenvalue weighted by Crippen LogP contribution is 2.22. The van der Waals surface area contributed by atoms with Crippen LogP contribution in [0.4, 0.5) is 0 Å². The number of rotatable bonds is 2. The average molecular weight is 256 g/mol. The lowest BCUT2D eigenvalue weighted by Gasteiger charge is -2.33. The van der Waals surface area contributed by atoms with Crippen LogP contribution in [0.2, 0.25) is 0 Å². The van der Waals surface area contributed by atoms with Crippen LogP contribution in [0.25, 0.3) is 0 Å². The summed E-state index contributed by atoms with van der Waals surface area (Å²) in [7, 11) is 0. The van der Waals surface area contributed by atoms with Crippen LogP contribution in [0.3, 0.4) is 0 Å². The zero-order valence-electron chi connectivity index (χ0n) is 10.00. The lowest BCUT2D eigenvalue weighted by Crippen LogP contribution is -2.44. The van der Waals surface area contributed by atoms with E-state index in [0.29, 0.717) is 12.0 Å². The van der Waals surface area contributed by atoms with Crippen LogP contribution in [-0.2, 0) is 4.74 Å². The zero-order valence-corrected chi connectivity index (χ0v) is 10.00. The second-order valence-corrected chi connectivity index (χ2v) is 4.49. The van der Waals surface area contributed by atoms with Gasteiger partial charge in [0.25, 0.3) is 5.56 Å². The Kier molecular flexibility index (Phi) is 3.65. The molecule has 3 N–H and O–H groups in total. The van der Waals surface area contributed by atoms with Gasteiger partial charge in [-0.05, 0) is 13.3 Å². The summed E-state index contributed by atoms with van der Waals surface area (Å²) in [6.07, 6.45) is 0.325. The molecule has 7 nitrogen and oxygen atoms in total. The number of hydrogen-bond acceptors (Lipinski definition) is 5. The maximum Gasteiger partial charge on any atom is 0.328 e. The van der Waals surface area contributed by atoms with Crippen molar-refractivity contribution in [3.63, 3.8) is 0 Å². The smallest absolute Gasteiger partial charge is 0.328 e. The van der Waals surface area contributed by atoms with Gasteiger partial charge in [0.2, 0.25) is 0 Å². The van der Waals surface area contributed by atoms with Crippen LogP contribution >= 0.6 is 0 Å². The second-order valence-electron chi connectivity index (χ2n) is 4.49. The van der Waals surface area contributed by atoms with Crippen molar-refractivity contribution in [1.29, 1.82) is 0 Å². The molecule has 18 heavy (non-hydrogen) atoms. The minimum absolute atomic E-state index is 0.216. The zero-order chi connectivity index (χ0) is 13.3. The summed E-state index contributed by atoms with van der Waals surface area (Å²) in [4.78, 5) is 25.1. The van der Waals surface area contributed by atoms with Gasteiger partial charge in [-0.1, -0.05) is 0 Å². The summed E-state index contributed by atoms with van der Waals surface area (Å²) in [5, 5.41) is 18.7. The van der Waals surface area contributed by atoms with Gasteiger partial charge in [0.05, 0.1) is 25.4 Å².